The number of anilines is 1. The van der Waals surface area contributed by atoms with E-state index in [1.165, 1.54) is 5.56 Å². The maximum atomic E-state index is 12.4. The number of carbonyl (C=O) groups is 2. The molecule has 1 heterocycles. The van der Waals surface area contributed by atoms with Crippen molar-refractivity contribution in [2.24, 2.45) is 11.8 Å². The normalized spacial score (nSPS) is 23.2. The Hall–Kier alpha value is -1.88. The number of aliphatic hydroxyl groups is 1. The van der Waals surface area contributed by atoms with Crippen LogP contribution >= 0.6 is 0 Å². The second-order valence-corrected chi connectivity index (χ2v) is 7.52. The van der Waals surface area contributed by atoms with E-state index in [4.69, 9.17) is 0 Å². The number of carbonyl (C=O) groups excluding carboxylic acids is 2. The van der Waals surface area contributed by atoms with Gasteiger partial charge in [-0.25, -0.2) is 0 Å². The Morgan fingerprint density at radius 3 is 2.67 bits per heavy atom. The van der Waals surface area contributed by atoms with Crippen molar-refractivity contribution in [2.75, 3.05) is 18.0 Å². The van der Waals surface area contributed by atoms with E-state index in [0.717, 1.165) is 24.1 Å². The smallest absolute Gasteiger partial charge is 0.227 e. The minimum absolute atomic E-state index is 0.0210. The van der Waals surface area contributed by atoms with Crippen LogP contribution in [-0.4, -0.2) is 35.6 Å². The number of rotatable bonds is 5. The number of amides is 2. The highest BCUT2D eigenvalue weighted by atomic mass is 16.3. The summed E-state index contributed by atoms with van der Waals surface area (Å²) < 4.78 is 0. The van der Waals surface area contributed by atoms with Gasteiger partial charge in [-0.05, 0) is 62.8 Å². The van der Waals surface area contributed by atoms with Gasteiger partial charge < -0.3 is 15.3 Å². The largest absolute Gasteiger partial charge is 0.388 e. The van der Waals surface area contributed by atoms with Crippen molar-refractivity contribution in [1.82, 2.24) is 5.32 Å². The van der Waals surface area contributed by atoms with Crippen LogP contribution in [0.3, 0.4) is 0 Å². The topological polar surface area (TPSA) is 69.6 Å². The molecule has 1 aromatic carbocycles. The van der Waals surface area contributed by atoms with Crippen LogP contribution in [0.25, 0.3) is 0 Å². The summed E-state index contributed by atoms with van der Waals surface area (Å²) in [7, 11) is 0. The van der Waals surface area contributed by atoms with Crippen molar-refractivity contribution in [1.29, 1.82) is 0 Å². The van der Waals surface area contributed by atoms with Crippen LogP contribution in [-0.2, 0) is 9.59 Å². The van der Waals surface area contributed by atoms with E-state index in [-0.39, 0.29) is 36.6 Å². The molecule has 2 aliphatic rings. The number of nitrogens with one attached hydrogen (secondary N) is 1. The summed E-state index contributed by atoms with van der Waals surface area (Å²) in [4.78, 5) is 26.4. The fraction of sp³-hybridized carbons (Fsp3) is 0.579. The molecule has 2 amide bonds. The Bertz CT molecular complexity index is 665. The number of hydrogen-bond acceptors (Lipinski definition) is 3. The fourth-order valence-electron chi connectivity index (χ4n) is 3.29. The molecule has 0 unspecified atom stereocenters. The SMILES string of the molecule is Cc1ccc(N2C[C@@H](C(=O)NC[C@](C)(O)C3CC3)CC2=O)cc1C. The first-order valence-electron chi connectivity index (χ1n) is 8.65. The Kier molecular flexibility index (Phi) is 4.38. The predicted molar refractivity (Wildman–Crippen MR) is 92.7 cm³/mol. The van der Waals surface area contributed by atoms with Crippen molar-refractivity contribution >= 4 is 17.5 Å². The van der Waals surface area contributed by atoms with Gasteiger partial charge in [0.1, 0.15) is 0 Å². The quantitative estimate of drug-likeness (QED) is 0.867. The van der Waals surface area contributed by atoms with Crippen molar-refractivity contribution in [3.8, 4) is 0 Å². The first-order chi connectivity index (χ1) is 11.3. The zero-order valence-electron chi connectivity index (χ0n) is 14.6. The second-order valence-electron chi connectivity index (χ2n) is 7.52. The summed E-state index contributed by atoms with van der Waals surface area (Å²) in [6.07, 6.45) is 2.26. The third-order valence-corrected chi connectivity index (χ3v) is 5.38. The highest BCUT2D eigenvalue weighted by molar-refractivity contribution is 6.00. The molecule has 1 saturated carbocycles. The Morgan fingerprint density at radius 1 is 1.33 bits per heavy atom. The standard InChI is InChI=1S/C19H26N2O3/c1-12-4-7-16(8-13(12)2)21-10-14(9-17(21)22)18(23)20-11-19(3,24)15-5-6-15/h4,7-8,14-15,24H,5-6,9-11H2,1-3H3,(H,20,23)/t14-,19-/m0/s1. The summed E-state index contributed by atoms with van der Waals surface area (Å²) >= 11 is 0. The Balaban J connectivity index is 1.61. The van der Waals surface area contributed by atoms with Crippen LogP contribution in [0.4, 0.5) is 5.69 Å². The third kappa shape index (κ3) is 3.46. The number of benzene rings is 1. The monoisotopic (exact) mass is 330 g/mol. The average Bonchev–Trinajstić information content (AvgIpc) is 3.32. The van der Waals surface area contributed by atoms with Gasteiger partial charge in [-0.1, -0.05) is 6.07 Å². The van der Waals surface area contributed by atoms with E-state index in [9.17, 15) is 14.7 Å². The second kappa shape index (κ2) is 6.20. The summed E-state index contributed by atoms with van der Waals surface area (Å²) in [6.45, 7) is 6.48. The summed E-state index contributed by atoms with van der Waals surface area (Å²) in [5, 5.41) is 13.1. The van der Waals surface area contributed by atoms with Crippen LogP contribution in [0.5, 0.6) is 0 Å². The van der Waals surface area contributed by atoms with Crippen molar-refractivity contribution in [3.05, 3.63) is 29.3 Å². The Morgan fingerprint density at radius 2 is 2.04 bits per heavy atom. The molecule has 130 valence electrons. The lowest BCUT2D eigenvalue weighted by Gasteiger charge is -2.24. The van der Waals surface area contributed by atoms with E-state index in [1.807, 2.05) is 32.0 Å². The van der Waals surface area contributed by atoms with Crippen LogP contribution in [0, 0.1) is 25.7 Å². The van der Waals surface area contributed by atoms with Gasteiger partial charge >= 0.3 is 0 Å². The minimum atomic E-state index is -0.841. The van der Waals surface area contributed by atoms with E-state index in [2.05, 4.69) is 5.32 Å². The number of nitrogens with zero attached hydrogens (tertiary/aromatic N) is 1. The van der Waals surface area contributed by atoms with Gasteiger partial charge in [0, 0.05) is 25.2 Å². The molecule has 5 nitrogen and oxygen atoms in total. The molecule has 0 spiro atoms. The first-order valence-corrected chi connectivity index (χ1v) is 8.65. The molecular formula is C19H26N2O3. The lowest BCUT2D eigenvalue weighted by molar-refractivity contribution is -0.127. The van der Waals surface area contributed by atoms with Gasteiger partial charge in [0.2, 0.25) is 11.8 Å². The number of hydrogen-bond donors (Lipinski definition) is 2. The molecule has 1 saturated heterocycles. The molecule has 0 bridgehead atoms. The van der Waals surface area contributed by atoms with Crippen LogP contribution in [0.15, 0.2) is 18.2 Å². The summed E-state index contributed by atoms with van der Waals surface area (Å²) in [6, 6.07) is 5.92. The van der Waals surface area contributed by atoms with E-state index >= 15 is 0 Å². The molecule has 24 heavy (non-hydrogen) atoms. The summed E-state index contributed by atoms with van der Waals surface area (Å²) in [5.74, 6) is -0.230. The van der Waals surface area contributed by atoms with Gasteiger partial charge in [0.25, 0.3) is 0 Å². The van der Waals surface area contributed by atoms with Gasteiger partial charge in [0.15, 0.2) is 0 Å². The minimum Gasteiger partial charge on any atom is -0.388 e. The summed E-state index contributed by atoms with van der Waals surface area (Å²) in [5.41, 5.74) is 2.32. The molecule has 3 rings (SSSR count). The molecule has 2 N–H and O–H groups in total. The third-order valence-electron chi connectivity index (χ3n) is 5.38. The molecule has 5 heteroatoms. The van der Waals surface area contributed by atoms with Gasteiger partial charge in [0.05, 0.1) is 11.5 Å². The van der Waals surface area contributed by atoms with E-state index in [1.54, 1.807) is 11.8 Å². The van der Waals surface area contributed by atoms with Gasteiger partial charge in [-0.3, -0.25) is 9.59 Å². The molecule has 0 radical (unpaired) electrons. The molecule has 2 fully saturated rings. The van der Waals surface area contributed by atoms with E-state index < -0.39 is 5.60 Å². The van der Waals surface area contributed by atoms with E-state index in [0.29, 0.717) is 6.54 Å². The van der Waals surface area contributed by atoms with Crippen LogP contribution < -0.4 is 10.2 Å². The zero-order chi connectivity index (χ0) is 17.5. The molecule has 1 aliphatic heterocycles. The molecule has 1 aromatic rings. The maximum absolute atomic E-state index is 12.4. The lowest BCUT2D eigenvalue weighted by Crippen LogP contribution is -2.44. The average molecular weight is 330 g/mol. The predicted octanol–water partition coefficient (Wildman–Crippen LogP) is 1.93. The molecule has 0 aromatic heterocycles. The lowest BCUT2D eigenvalue weighted by atomic mass is 10.00. The molecular weight excluding hydrogens is 304 g/mol. The highest BCUT2D eigenvalue weighted by Crippen LogP contribution is 2.39. The highest BCUT2D eigenvalue weighted by Gasteiger charge is 2.41. The van der Waals surface area contributed by atoms with Crippen LogP contribution in [0.1, 0.15) is 37.3 Å². The van der Waals surface area contributed by atoms with Crippen molar-refractivity contribution in [2.45, 2.75) is 45.6 Å². The van der Waals surface area contributed by atoms with Crippen LogP contribution in [0.2, 0.25) is 0 Å². The van der Waals surface area contributed by atoms with Gasteiger partial charge in [-0.2, -0.15) is 0 Å². The Labute approximate surface area is 143 Å². The zero-order valence-corrected chi connectivity index (χ0v) is 14.6. The van der Waals surface area contributed by atoms with Crippen molar-refractivity contribution < 1.29 is 14.7 Å². The molecule has 2 atom stereocenters. The first kappa shape index (κ1) is 17.0. The van der Waals surface area contributed by atoms with Gasteiger partial charge in [-0.15, -0.1) is 0 Å². The molecule has 1 aliphatic carbocycles. The van der Waals surface area contributed by atoms with Crippen molar-refractivity contribution in [3.63, 3.8) is 0 Å². The number of aryl methyl sites for hydroxylation is 2. The fourth-order valence-corrected chi connectivity index (χ4v) is 3.29. The maximum Gasteiger partial charge on any atom is 0.227 e.